The van der Waals surface area contributed by atoms with Crippen molar-refractivity contribution in [2.24, 2.45) is 5.92 Å². The fraction of sp³-hybridized carbons (Fsp3) is 0.462. The summed E-state index contributed by atoms with van der Waals surface area (Å²) in [4.78, 5) is 0. The molecule has 4 heteroatoms. The lowest BCUT2D eigenvalue weighted by Crippen LogP contribution is -2.41. The molecule has 2 unspecified atom stereocenters. The van der Waals surface area contributed by atoms with Crippen LogP contribution >= 0.6 is 0 Å². The van der Waals surface area contributed by atoms with Gasteiger partial charge in [0.15, 0.2) is 0 Å². The van der Waals surface area contributed by atoms with E-state index in [4.69, 9.17) is 5.26 Å². The molecule has 0 spiro atoms. The number of piperidine rings is 1. The molecule has 1 saturated carbocycles. The topological polar surface area (TPSA) is 35.8 Å². The van der Waals surface area contributed by atoms with E-state index in [0.29, 0.717) is 12.5 Å². The van der Waals surface area contributed by atoms with Crippen molar-refractivity contribution in [2.75, 3.05) is 6.54 Å². The normalized spacial score (nSPS) is 34.9. The van der Waals surface area contributed by atoms with E-state index in [0.717, 1.165) is 24.5 Å². The first-order valence-corrected chi connectivity index (χ1v) is 5.74. The molecule has 0 radical (unpaired) electrons. The van der Waals surface area contributed by atoms with Crippen LogP contribution in [0.5, 0.6) is 0 Å². The van der Waals surface area contributed by atoms with E-state index in [-0.39, 0.29) is 11.5 Å². The van der Waals surface area contributed by atoms with Gasteiger partial charge >= 0.3 is 0 Å². The predicted molar refractivity (Wildman–Crippen MR) is 58.2 cm³/mol. The van der Waals surface area contributed by atoms with Crippen molar-refractivity contribution in [3.63, 3.8) is 0 Å². The Morgan fingerprint density at radius 2 is 2.00 bits per heavy atom. The van der Waals surface area contributed by atoms with Gasteiger partial charge in [0.25, 0.3) is 0 Å². The molecule has 1 saturated heterocycles. The molecule has 3 atom stereocenters. The summed E-state index contributed by atoms with van der Waals surface area (Å²) in [5.74, 6) is -0.667. The minimum absolute atomic E-state index is 0.117. The first-order valence-electron chi connectivity index (χ1n) is 5.74. The van der Waals surface area contributed by atoms with E-state index in [2.05, 4.69) is 11.4 Å². The van der Waals surface area contributed by atoms with Crippen molar-refractivity contribution in [2.45, 2.75) is 24.3 Å². The maximum Gasteiger partial charge on any atom is 0.126 e. The monoisotopic (exact) mass is 234 g/mol. The summed E-state index contributed by atoms with van der Waals surface area (Å²) in [6, 6.07) is 5.80. The maximum absolute atomic E-state index is 13.2. The lowest BCUT2D eigenvalue weighted by atomic mass is 9.88. The SMILES string of the molecule is N#CC1CC2C[C@]2(c2cc(F)cc(F)c2)CN1. The van der Waals surface area contributed by atoms with E-state index in [1.54, 1.807) is 0 Å². The van der Waals surface area contributed by atoms with Crippen molar-refractivity contribution in [3.8, 4) is 6.07 Å². The van der Waals surface area contributed by atoms with Crippen molar-refractivity contribution in [3.05, 3.63) is 35.4 Å². The first kappa shape index (κ1) is 10.7. The summed E-state index contributed by atoms with van der Waals surface area (Å²) in [5.41, 5.74) is 0.583. The van der Waals surface area contributed by atoms with Crippen LogP contribution in [0.4, 0.5) is 8.78 Å². The highest BCUT2D eigenvalue weighted by Crippen LogP contribution is 2.58. The Balaban J connectivity index is 1.90. The van der Waals surface area contributed by atoms with Crippen molar-refractivity contribution in [1.29, 1.82) is 5.26 Å². The second-order valence-corrected chi connectivity index (χ2v) is 5.01. The van der Waals surface area contributed by atoms with Crippen molar-refractivity contribution >= 4 is 0 Å². The molecule has 0 aromatic heterocycles. The van der Waals surface area contributed by atoms with Crippen LogP contribution < -0.4 is 5.32 Å². The van der Waals surface area contributed by atoms with Gasteiger partial charge in [0.05, 0.1) is 12.1 Å². The highest BCUT2D eigenvalue weighted by atomic mass is 19.1. The molecule has 3 rings (SSSR count). The minimum Gasteiger partial charge on any atom is -0.301 e. The number of nitrogens with one attached hydrogen (secondary N) is 1. The zero-order chi connectivity index (χ0) is 12.0. The Bertz CT molecular complexity index is 488. The van der Waals surface area contributed by atoms with Crippen LogP contribution in [0.2, 0.25) is 0 Å². The van der Waals surface area contributed by atoms with Crippen LogP contribution in [-0.4, -0.2) is 12.6 Å². The second kappa shape index (κ2) is 3.51. The second-order valence-electron chi connectivity index (χ2n) is 5.01. The number of benzene rings is 1. The first-order chi connectivity index (χ1) is 8.14. The predicted octanol–water partition coefficient (Wildman–Crippen LogP) is 2.11. The molecule has 2 fully saturated rings. The van der Waals surface area contributed by atoms with Gasteiger partial charge in [0.1, 0.15) is 11.6 Å². The molecule has 1 aliphatic carbocycles. The highest BCUT2D eigenvalue weighted by molar-refractivity contribution is 5.37. The quantitative estimate of drug-likeness (QED) is 0.807. The number of hydrogen-bond donors (Lipinski definition) is 1. The van der Waals surface area contributed by atoms with Crippen molar-refractivity contribution in [1.82, 2.24) is 5.32 Å². The van der Waals surface area contributed by atoms with Crippen LogP contribution in [0.1, 0.15) is 18.4 Å². The third-order valence-electron chi connectivity index (χ3n) is 4.01. The fourth-order valence-corrected chi connectivity index (χ4v) is 2.97. The average molecular weight is 234 g/mol. The Morgan fingerprint density at radius 1 is 1.29 bits per heavy atom. The van der Waals surface area contributed by atoms with Gasteiger partial charge in [0.2, 0.25) is 0 Å². The number of nitrogens with zero attached hydrogens (tertiary/aromatic N) is 1. The summed E-state index contributed by atoms with van der Waals surface area (Å²) in [6.45, 7) is 0.638. The lowest BCUT2D eigenvalue weighted by Gasteiger charge is -2.26. The molecule has 0 amide bonds. The van der Waals surface area contributed by atoms with Crippen molar-refractivity contribution < 1.29 is 8.78 Å². The summed E-state index contributed by atoms with van der Waals surface area (Å²) >= 11 is 0. The Hall–Kier alpha value is -1.47. The smallest absolute Gasteiger partial charge is 0.126 e. The summed E-state index contributed by atoms with van der Waals surface area (Å²) in [6.07, 6.45) is 1.69. The molecule has 1 aromatic rings. The number of nitriles is 1. The van der Waals surface area contributed by atoms with Gasteiger partial charge in [-0.3, -0.25) is 0 Å². The third kappa shape index (κ3) is 1.62. The molecule has 1 N–H and O–H groups in total. The van der Waals surface area contributed by atoms with Gasteiger partial charge < -0.3 is 5.32 Å². The Morgan fingerprint density at radius 3 is 2.59 bits per heavy atom. The van der Waals surface area contributed by atoms with Crippen LogP contribution in [-0.2, 0) is 5.41 Å². The molecule has 2 nitrogen and oxygen atoms in total. The highest BCUT2D eigenvalue weighted by Gasteiger charge is 2.58. The molecule has 1 aromatic carbocycles. The van der Waals surface area contributed by atoms with Crippen LogP contribution in [0, 0.1) is 28.9 Å². The largest absolute Gasteiger partial charge is 0.301 e. The van der Waals surface area contributed by atoms with Crippen LogP contribution in [0.25, 0.3) is 0 Å². The van der Waals surface area contributed by atoms with E-state index in [1.807, 2.05) is 0 Å². The molecule has 0 bridgehead atoms. The minimum atomic E-state index is -0.526. The summed E-state index contributed by atoms with van der Waals surface area (Å²) in [5, 5.41) is 12.0. The molecule has 88 valence electrons. The maximum atomic E-state index is 13.2. The van der Waals surface area contributed by atoms with Gasteiger partial charge in [-0.05, 0) is 36.5 Å². The van der Waals surface area contributed by atoms with Gasteiger partial charge in [-0.2, -0.15) is 5.26 Å². The van der Waals surface area contributed by atoms with Gasteiger partial charge in [-0.25, -0.2) is 8.78 Å². The molecule has 17 heavy (non-hydrogen) atoms. The average Bonchev–Trinajstić information content (AvgIpc) is 3.02. The molecular formula is C13H12F2N2. The summed E-state index contributed by atoms with van der Waals surface area (Å²) in [7, 11) is 0. The van der Waals surface area contributed by atoms with Gasteiger partial charge in [0, 0.05) is 18.0 Å². The molecule has 2 aliphatic rings. The Kier molecular flexibility index (Phi) is 2.20. The number of fused-ring (bicyclic) bond motifs is 1. The fourth-order valence-electron chi connectivity index (χ4n) is 2.97. The van der Waals surface area contributed by atoms with Crippen LogP contribution in [0.3, 0.4) is 0 Å². The lowest BCUT2D eigenvalue weighted by molar-refractivity contribution is 0.400. The van der Waals surface area contributed by atoms with E-state index in [1.165, 1.54) is 12.1 Å². The standard InChI is InChI=1S/C13H12F2N2/c14-10-1-8(2-11(15)4-10)13-5-9(13)3-12(6-16)17-7-13/h1-2,4,9,12,17H,3,5,7H2/t9?,12?,13-/m1/s1. The molecule has 1 heterocycles. The molecular weight excluding hydrogens is 222 g/mol. The number of halogens is 2. The van der Waals surface area contributed by atoms with Gasteiger partial charge in [-0.15, -0.1) is 0 Å². The zero-order valence-corrected chi connectivity index (χ0v) is 9.21. The third-order valence-corrected chi connectivity index (χ3v) is 4.01. The van der Waals surface area contributed by atoms with Gasteiger partial charge in [-0.1, -0.05) is 0 Å². The van der Waals surface area contributed by atoms with E-state index >= 15 is 0 Å². The van der Waals surface area contributed by atoms with E-state index < -0.39 is 11.6 Å². The number of rotatable bonds is 1. The summed E-state index contributed by atoms with van der Waals surface area (Å²) < 4.78 is 26.4. The molecule has 1 aliphatic heterocycles. The Labute approximate surface area is 98.2 Å². The number of hydrogen-bond acceptors (Lipinski definition) is 2. The van der Waals surface area contributed by atoms with E-state index in [9.17, 15) is 8.78 Å². The van der Waals surface area contributed by atoms with Crippen LogP contribution in [0.15, 0.2) is 18.2 Å². The zero-order valence-electron chi connectivity index (χ0n) is 9.21.